The summed E-state index contributed by atoms with van der Waals surface area (Å²) in [4.78, 5) is 15.4. The normalized spacial score (nSPS) is 26.4. The molecular formula is C27H32Cl2N2O4. The van der Waals surface area contributed by atoms with Gasteiger partial charge in [0.05, 0.1) is 29.3 Å². The number of rotatable bonds is 5. The van der Waals surface area contributed by atoms with E-state index < -0.39 is 0 Å². The lowest BCUT2D eigenvalue weighted by atomic mass is 9.78. The van der Waals surface area contributed by atoms with Gasteiger partial charge in [-0.15, -0.1) is 0 Å². The second-order valence-corrected chi connectivity index (χ2v) is 11.2. The van der Waals surface area contributed by atoms with Gasteiger partial charge in [0, 0.05) is 23.1 Å². The van der Waals surface area contributed by atoms with Gasteiger partial charge >= 0.3 is 6.09 Å². The van der Waals surface area contributed by atoms with E-state index in [1.54, 1.807) is 6.07 Å². The van der Waals surface area contributed by atoms with Gasteiger partial charge in [0.2, 0.25) is 0 Å². The Hall–Kier alpha value is -2.15. The van der Waals surface area contributed by atoms with Crippen molar-refractivity contribution >= 4 is 29.3 Å². The number of ether oxygens (including phenoxy) is 3. The summed E-state index contributed by atoms with van der Waals surface area (Å²) in [7, 11) is 0. The fourth-order valence-electron chi connectivity index (χ4n) is 5.46. The van der Waals surface area contributed by atoms with Crippen LogP contribution in [0.5, 0.6) is 11.5 Å². The molecule has 6 rings (SSSR count). The maximum Gasteiger partial charge on any atom is 0.407 e. The van der Waals surface area contributed by atoms with Gasteiger partial charge in [-0.2, -0.15) is 0 Å². The Morgan fingerprint density at radius 3 is 2.63 bits per heavy atom. The number of nitrogens with zero attached hydrogens (tertiary/aromatic N) is 1. The van der Waals surface area contributed by atoms with Crippen molar-refractivity contribution in [1.82, 2.24) is 10.2 Å². The molecule has 2 aromatic rings. The Morgan fingerprint density at radius 1 is 1.17 bits per heavy atom. The van der Waals surface area contributed by atoms with Gasteiger partial charge in [-0.1, -0.05) is 49.2 Å². The lowest BCUT2D eigenvalue weighted by molar-refractivity contribution is -0.0361. The molecule has 1 N–H and O–H groups in total. The summed E-state index contributed by atoms with van der Waals surface area (Å²) in [5, 5.41) is 4.16. The predicted octanol–water partition coefficient (Wildman–Crippen LogP) is 6.34. The maximum atomic E-state index is 13.0. The molecule has 188 valence electrons. The summed E-state index contributed by atoms with van der Waals surface area (Å²) in [5.41, 5.74) is 2.32. The van der Waals surface area contributed by atoms with Crippen LogP contribution in [0.4, 0.5) is 4.79 Å². The summed E-state index contributed by atoms with van der Waals surface area (Å²) in [5.74, 6) is 1.77. The van der Waals surface area contributed by atoms with Crippen molar-refractivity contribution in [3.8, 4) is 22.6 Å². The van der Waals surface area contributed by atoms with Gasteiger partial charge in [0.1, 0.15) is 17.6 Å². The van der Waals surface area contributed by atoms with Crippen LogP contribution in [0.1, 0.15) is 45.2 Å². The highest BCUT2D eigenvalue weighted by Crippen LogP contribution is 2.45. The number of benzene rings is 2. The molecule has 0 saturated carbocycles. The molecule has 0 radical (unpaired) electrons. The number of hydrogen-bond acceptors (Lipinski definition) is 5. The quantitative estimate of drug-likeness (QED) is 0.500. The summed E-state index contributed by atoms with van der Waals surface area (Å²) in [6, 6.07) is 9.25. The number of carbonyl (C=O) groups excluding carboxylic acids is 1. The van der Waals surface area contributed by atoms with Crippen molar-refractivity contribution in [3.05, 3.63) is 45.9 Å². The van der Waals surface area contributed by atoms with Crippen molar-refractivity contribution in [2.75, 3.05) is 32.8 Å². The number of halogens is 2. The van der Waals surface area contributed by atoms with Crippen molar-refractivity contribution in [3.63, 3.8) is 0 Å². The highest BCUT2D eigenvalue weighted by Gasteiger charge is 2.41. The van der Waals surface area contributed by atoms with Crippen LogP contribution in [0.15, 0.2) is 30.3 Å². The standard InChI is InChI=1S/C27H32Cl2N2O4/c1-4-33-23-12-19(20(28)13-21(23)29)17-5-6-18-22(11-17)34-15-27(2,3)25(18)30-26(32)35-24-14-31-9-7-16(24)8-10-31/h5-6,11-13,16,24-25H,4,7-10,14-15H2,1-3H3,(H,30,32)/t24-,25?/m1/s1. The molecule has 35 heavy (non-hydrogen) atoms. The number of nitrogens with one attached hydrogen (secondary N) is 1. The molecule has 0 aromatic heterocycles. The predicted molar refractivity (Wildman–Crippen MR) is 138 cm³/mol. The third-order valence-corrected chi connectivity index (χ3v) is 8.06. The number of alkyl carbamates (subject to hydrolysis) is 1. The van der Waals surface area contributed by atoms with Gasteiger partial charge in [-0.3, -0.25) is 4.90 Å². The highest BCUT2D eigenvalue weighted by atomic mass is 35.5. The fraction of sp³-hybridized carbons (Fsp3) is 0.519. The van der Waals surface area contributed by atoms with Crippen LogP contribution in [-0.4, -0.2) is 49.9 Å². The molecule has 4 aliphatic rings. The van der Waals surface area contributed by atoms with Crippen molar-refractivity contribution in [1.29, 1.82) is 0 Å². The van der Waals surface area contributed by atoms with Crippen LogP contribution in [0, 0.1) is 11.3 Å². The van der Waals surface area contributed by atoms with E-state index in [-0.39, 0.29) is 23.7 Å². The number of carbonyl (C=O) groups is 1. The van der Waals surface area contributed by atoms with Crippen LogP contribution < -0.4 is 14.8 Å². The van der Waals surface area contributed by atoms with Crippen molar-refractivity contribution < 1.29 is 19.0 Å². The lowest BCUT2D eigenvalue weighted by Crippen LogP contribution is -2.53. The van der Waals surface area contributed by atoms with E-state index in [2.05, 4.69) is 24.1 Å². The molecule has 0 aliphatic carbocycles. The topological polar surface area (TPSA) is 60.0 Å². The first-order valence-electron chi connectivity index (χ1n) is 12.3. The zero-order valence-corrected chi connectivity index (χ0v) is 21.9. The highest BCUT2D eigenvalue weighted by molar-refractivity contribution is 6.37. The zero-order chi connectivity index (χ0) is 24.7. The minimum absolute atomic E-state index is 0.0334. The first kappa shape index (κ1) is 24.5. The third-order valence-electron chi connectivity index (χ3n) is 7.45. The van der Waals surface area contributed by atoms with Gasteiger partial charge in [0.15, 0.2) is 0 Å². The van der Waals surface area contributed by atoms with Gasteiger partial charge in [-0.25, -0.2) is 4.79 Å². The lowest BCUT2D eigenvalue weighted by Gasteiger charge is -2.44. The number of piperidine rings is 3. The Morgan fingerprint density at radius 2 is 1.94 bits per heavy atom. The van der Waals surface area contributed by atoms with Crippen LogP contribution in [0.3, 0.4) is 0 Å². The molecule has 1 amide bonds. The molecule has 3 saturated heterocycles. The van der Waals surface area contributed by atoms with Gasteiger partial charge in [-0.05, 0) is 62.5 Å². The van der Waals surface area contributed by atoms with E-state index in [0.717, 1.165) is 54.9 Å². The van der Waals surface area contributed by atoms with Crippen LogP contribution in [-0.2, 0) is 4.74 Å². The van der Waals surface area contributed by atoms with E-state index in [4.69, 9.17) is 37.4 Å². The first-order chi connectivity index (χ1) is 16.7. The zero-order valence-electron chi connectivity index (χ0n) is 20.4. The monoisotopic (exact) mass is 518 g/mol. The number of amides is 1. The van der Waals surface area contributed by atoms with Crippen molar-refractivity contribution in [2.24, 2.45) is 11.3 Å². The molecule has 2 atom stereocenters. The molecule has 3 fully saturated rings. The molecule has 4 aliphatic heterocycles. The number of fused-ring (bicyclic) bond motifs is 4. The fourth-order valence-corrected chi connectivity index (χ4v) is 6.00. The van der Waals surface area contributed by atoms with Gasteiger partial charge in [0.25, 0.3) is 0 Å². The molecular weight excluding hydrogens is 487 g/mol. The smallest absolute Gasteiger partial charge is 0.407 e. The van der Waals surface area contributed by atoms with Crippen molar-refractivity contribution in [2.45, 2.75) is 45.8 Å². The first-order valence-corrected chi connectivity index (χ1v) is 13.1. The van der Waals surface area contributed by atoms with Gasteiger partial charge < -0.3 is 19.5 Å². The van der Waals surface area contributed by atoms with Crippen LogP contribution >= 0.6 is 23.2 Å². The molecule has 0 spiro atoms. The molecule has 2 aromatic carbocycles. The van der Waals surface area contributed by atoms with E-state index in [9.17, 15) is 4.79 Å². The molecule has 1 unspecified atom stereocenters. The Balaban J connectivity index is 1.38. The average molecular weight is 519 g/mol. The molecule has 6 nitrogen and oxygen atoms in total. The SMILES string of the molecule is CCOc1cc(-c2ccc3c(c2)OCC(C)(C)C3NC(=O)O[C@@H]2CN3CCC2CC3)c(Cl)cc1Cl. The maximum absolute atomic E-state index is 13.0. The van der Waals surface area contributed by atoms with E-state index >= 15 is 0 Å². The summed E-state index contributed by atoms with van der Waals surface area (Å²) >= 11 is 12.8. The number of hydrogen-bond donors (Lipinski definition) is 1. The molecule has 2 bridgehead atoms. The third kappa shape index (κ3) is 4.93. The molecule has 4 heterocycles. The largest absolute Gasteiger partial charge is 0.493 e. The van der Waals surface area contributed by atoms with Crippen LogP contribution in [0.25, 0.3) is 11.1 Å². The second kappa shape index (κ2) is 9.72. The Bertz CT molecular complexity index is 1110. The second-order valence-electron chi connectivity index (χ2n) is 10.4. The summed E-state index contributed by atoms with van der Waals surface area (Å²) in [6.45, 7) is 10.1. The summed E-state index contributed by atoms with van der Waals surface area (Å²) in [6.07, 6.45) is 1.81. The van der Waals surface area contributed by atoms with E-state index in [0.29, 0.717) is 34.9 Å². The summed E-state index contributed by atoms with van der Waals surface area (Å²) < 4.78 is 17.7. The van der Waals surface area contributed by atoms with E-state index in [1.807, 2.05) is 31.2 Å². The average Bonchev–Trinajstić information content (AvgIpc) is 2.83. The van der Waals surface area contributed by atoms with E-state index in [1.165, 1.54) is 0 Å². The molecule has 8 heteroatoms. The minimum Gasteiger partial charge on any atom is -0.493 e. The Kier molecular flexibility index (Phi) is 6.81. The Labute approximate surface area is 216 Å². The van der Waals surface area contributed by atoms with Crippen LogP contribution in [0.2, 0.25) is 10.0 Å². The minimum atomic E-state index is -0.360.